The zero-order chi connectivity index (χ0) is 13.0. The normalized spacial score (nSPS) is 15.9. The van der Waals surface area contributed by atoms with Crippen LogP contribution in [-0.2, 0) is 0 Å². The first-order valence-corrected chi connectivity index (χ1v) is 5.85. The number of hydrogen-bond donors (Lipinski definition) is 3. The summed E-state index contributed by atoms with van der Waals surface area (Å²) in [6.07, 6.45) is 1.17. The SMILES string of the molecule is Nc1ccc(OCC(O)CN2C=NCC2)c(N)c1. The standard InChI is InChI=1S/C12H18N4O2/c13-9-1-2-12(11(14)5-9)18-7-10(17)6-16-4-3-15-8-16/h1-2,5,8,10,17H,3-4,6-7,13-14H2. The number of anilines is 2. The van der Waals surface area contributed by atoms with Crippen molar-refractivity contribution in [3.8, 4) is 5.75 Å². The molecule has 1 heterocycles. The second-order valence-corrected chi connectivity index (χ2v) is 4.28. The minimum absolute atomic E-state index is 0.193. The minimum Gasteiger partial charge on any atom is -0.489 e. The Hall–Kier alpha value is -1.95. The van der Waals surface area contributed by atoms with Crippen LogP contribution >= 0.6 is 0 Å². The molecule has 1 aromatic carbocycles. The van der Waals surface area contributed by atoms with Crippen LogP contribution in [0.3, 0.4) is 0 Å². The molecular formula is C12H18N4O2. The molecule has 0 radical (unpaired) electrons. The third-order valence-electron chi connectivity index (χ3n) is 2.67. The maximum Gasteiger partial charge on any atom is 0.142 e. The molecule has 0 spiro atoms. The number of nitrogens with two attached hydrogens (primary N) is 2. The van der Waals surface area contributed by atoms with E-state index in [0.717, 1.165) is 13.1 Å². The molecule has 98 valence electrons. The summed E-state index contributed by atoms with van der Waals surface area (Å²) >= 11 is 0. The summed E-state index contributed by atoms with van der Waals surface area (Å²) in [5.41, 5.74) is 12.4. The van der Waals surface area contributed by atoms with E-state index < -0.39 is 6.10 Å². The largest absolute Gasteiger partial charge is 0.489 e. The van der Waals surface area contributed by atoms with Gasteiger partial charge >= 0.3 is 0 Å². The quantitative estimate of drug-likeness (QED) is 0.636. The molecule has 0 saturated carbocycles. The molecule has 1 aromatic rings. The van der Waals surface area contributed by atoms with E-state index in [0.29, 0.717) is 23.7 Å². The highest BCUT2D eigenvalue weighted by Crippen LogP contribution is 2.23. The summed E-state index contributed by atoms with van der Waals surface area (Å²) < 4.78 is 5.46. The maximum absolute atomic E-state index is 9.82. The topological polar surface area (TPSA) is 97.1 Å². The Morgan fingerprint density at radius 3 is 2.94 bits per heavy atom. The molecule has 5 N–H and O–H groups in total. The smallest absolute Gasteiger partial charge is 0.142 e. The van der Waals surface area contributed by atoms with Crippen molar-refractivity contribution in [3.63, 3.8) is 0 Å². The molecule has 6 nitrogen and oxygen atoms in total. The van der Waals surface area contributed by atoms with Gasteiger partial charge in [-0.25, -0.2) is 0 Å². The zero-order valence-corrected chi connectivity index (χ0v) is 10.1. The van der Waals surface area contributed by atoms with Crippen LogP contribution in [-0.4, -0.2) is 48.7 Å². The molecular weight excluding hydrogens is 232 g/mol. The minimum atomic E-state index is -0.577. The Kier molecular flexibility index (Phi) is 3.88. The van der Waals surface area contributed by atoms with Crippen LogP contribution < -0.4 is 16.2 Å². The lowest BCUT2D eigenvalue weighted by atomic mass is 10.2. The highest BCUT2D eigenvalue weighted by molar-refractivity contribution is 5.60. The predicted octanol–water partition coefficient (Wildman–Crippen LogP) is -0.0654. The highest BCUT2D eigenvalue weighted by atomic mass is 16.5. The van der Waals surface area contributed by atoms with E-state index in [1.54, 1.807) is 24.5 Å². The van der Waals surface area contributed by atoms with Crippen molar-refractivity contribution < 1.29 is 9.84 Å². The highest BCUT2D eigenvalue weighted by Gasteiger charge is 2.13. The van der Waals surface area contributed by atoms with E-state index in [4.69, 9.17) is 16.2 Å². The van der Waals surface area contributed by atoms with Crippen molar-refractivity contribution in [1.82, 2.24) is 4.90 Å². The van der Waals surface area contributed by atoms with Gasteiger partial charge in [-0.05, 0) is 18.2 Å². The Balaban J connectivity index is 1.81. The van der Waals surface area contributed by atoms with E-state index >= 15 is 0 Å². The third-order valence-corrected chi connectivity index (χ3v) is 2.67. The summed E-state index contributed by atoms with van der Waals surface area (Å²) in [7, 11) is 0. The van der Waals surface area contributed by atoms with Crippen LogP contribution in [0.2, 0.25) is 0 Å². The first-order chi connectivity index (χ1) is 8.65. The Morgan fingerprint density at radius 2 is 2.28 bits per heavy atom. The van der Waals surface area contributed by atoms with Crippen molar-refractivity contribution in [3.05, 3.63) is 18.2 Å². The molecule has 1 aliphatic rings. The van der Waals surface area contributed by atoms with E-state index in [9.17, 15) is 5.11 Å². The number of hydrogen-bond acceptors (Lipinski definition) is 6. The zero-order valence-electron chi connectivity index (χ0n) is 10.1. The lowest BCUT2D eigenvalue weighted by molar-refractivity contribution is 0.0901. The molecule has 1 unspecified atom stereocenters. The van der Waals surface area contributed by atoms with Crippen LogP contribution in [0.15, 0.2) is 23.2 Å². The second kappa shape index (κ2) is 5.59. The van der Waals surface area contributed by atoms with Gasteiger partial charge in [0.2, 0.25) is 0 Å². The maximum atomic E-state index is 9.82. The number of ether oxygens (including phenoxy) is 1. The van der Waals surface area contributed by atoms with Gasteiger partial charge in [0.25, 0.3) is 0 Å². The van der Waals surface area contributed by atoms with Gasteiger partial charge in [0, 0.05) is 18.8 Å². The summed E-state index contributed by atoms with van der Waals surface area (Å²) in [5.74, 6) is 0.540. The summed E-state index contributed by atoms with van der Waals surface area (Å²) in [6.45, 7) is 2.34. The average Bonchev–Trinajstić information content (AvgIpc) is 2.80. The van der Waals surface area contributed by atoms with Crippen molar-refractivity contribution in [2.45, 2.75) is 6.10 Å². The number of nitrogen functional groups attached to an aromatic ring is 2. The molecule has 0 saturated heterocycles. The fourth-order valence-electron chi connectivity index (χ4n) is 1.76. The van der Waals surface area contributed by atoms with Gasteiger partial charge < -0.3 is 26.2 Å². The molecule has 1 atom stereocenters. The molecule has 0 amide bonds. The van der Waals surface area contributed by atoms with E-state index in [-0.39, 0.29) is 6.61 Å². The fourth-order valence-corrected chi connectivity index (χ4v) is 1.76. The second-order valence-electron chi connectivity index (χ2n) is 4.28. The van der Waals surface area contributed by atoms with Crippen LogP contribution in [0.1, 0.15) is 0 Å². The van der Waals surface area contributed by atoms with Gasteiger partial charge in [-0.3, -0.25) is 4.99 Å². The van der Waals surface area contributed by atoms with Gasteiger partial charge in [0.1, 0.15) is 18.5 Å². The first kappa shape index (κ1) is 12.5. The molecule has 6 heteroatoms. The molecule has 0 bridgehead atoms. The van der Waals surface area contributed by atoms with Crippen LogP contribution in [0, 0.1) is 0 Å². The molecule has 18 heavy (non-hydrogen) atoms. The molecule has 1 aliphatic heterocycles. The van der Waals surface area contributed by atoms with E-state index in [1.807, 2.05) is 4.90 Å². The number of β-amino-alcohol motifs (C(OH)–C–C–N with tert-alkyl or cyclic N) is 1. The van der Waals surface area contributed by atoms with Crippen LogP contribution in [0.5, 0.6) is 5.75 Å². The van der Waals surface area contributed by atoms with Crippen molar-refractivity contribution in [1.29, 1.82) is 0 Å². The summed E-state index contributed by atoms with van der Waals surface area (Å²) in [6, 6.07) is 5.05. The number of aliphatic hydroxyl groups excluding tert-OH is 1. The van der Waals surface area contributed by atoms with Crippen LogP contribution in [0.25, 0.3) is 0 Å². The number of rotatable bonds is 5. The van der Waals surface area contributed by atoms with E-state index in [2.05, 4.69) is 4.99 Å². The van der Waals surface area contributed by atoms with Gasteiger partial charge in [0.05, 0.1) is 18.6 Å². The molecule has 2 rings (SSSR count). The Labute approximate surface area is 106 Å². The van der Waals surface area contributed by atoms with Crippen molar-refractivity contribution in [2.75, 3.05) is 37.7 Å². The average molecular weight is 250 g/mol. The first-order valence-electron chi connectivity index (χ1n) is 5.85. The number of benzene rings is 1. The Bertz CT molecular complexity index is 436. The van der Waals surface area contributed by atoms with Crippen LogP contribution in [0.4, 0.5) is 11.4 Å². The fraction of sp³-hybridized carbons (Fsp3) is 0.417. The van der Waals surface area contributed by atoms with Gasteiger partial charge in [0.15, 0.2) is 0 Å². The van der Waals surface area contributed by atoms with Gasteiger partial charge in [-0.1, -0.05) is 0 Å². The van der Waals surface area contributed by atoms with Gasteiger partial charge in [-0.15, -0.1) is 0 Å². The summed E-state index contributed by atoms with van der Waals surface area (Å²) in [4.78, 5) is 6.03. The third kappa shape index (κ3) is 3.27. The van der Waals surface area contributed by atoms with Crippen molar-refractivity contribution in [2.24, 2.45) is 4.99 Å². The molecule has 0 aliphatic carbocycles. The molecule has 0 fully saturated rings. The molecule has 0 aromatic heterocycles. The van der Waals surface area contributed by atoms with Gasteiger partial charge in [-0.2, -0.15) is 0 Å². The lowest BCUT2D eigenvalue weighted by Crippen LogP contribution is -2.33. The number of nitrogens with zero attached hydrogens (tertiary/aromatic N) is 2. The van der Waals surface area contributed by atoms with Crippen molar-refractivity contribution >= 4 is 17.7 Å². The number of aliphatic hydroxyl groups is 1. The Morgan fingerprint density at radius 1 is 1.44 bits per heavy atom. The summed E-state index contributed by atoms with van der Waals surface area (Å²) in [5, 5.41) is 9.82. The van der Waals surface area contributed by atoms with E-state index in [1.165, 1.54) is 0 Å². The lowest BCUT2D eigenvalue weighted by Gasteiger charge is -2.19. The monoisotopic (exact) mass is 250 g/mol. The number of aliphatic imine (C=N–C) groups is 1. The predicted molar refractivity (Wildman–Crippen MR) is 71.7 cm³/mol.